The fourth-order valence-corrected chi connectivity index (χ4v) is 2.61. The first kappa shape index (κ1) is 15.5. The average molecular weight is 294 g/mol. The Balaban J connectivity index is 1.77. The van der Waals surface area contributed by atoms with Crippen molar-refractivity contribution in [2.75, 3.05) is 0 Å². The summed E-state index contributed by atoms with van der Waals surface area (Å²) in [6.45, 7) is 0.135. The van der Waals surface area contributed by atoms with Gasteiger partial charge in [0.2, 0.25) is 5.91 Å². The number of carbonyl (C=O) groups excluding carboxylic acids is 1. The molecule has 2 rings (SSSR count). The van der Waals surface area contributed by atoms with Gasteiger partial charge in [-0.05, 0) is 12.8 Å². The number of hydrogen-bond donors (Lipinski definition) is 2. The van der Waals surface area contributed by atoms with E-state index in [9.17, 15) is 9.59 Å². The summed E-state index contributed by atoms with van der Waals surface area (Å²) in [6.07, 6.45) is 8.94. The van der Waals surface area contributed by atoms with Gasteiger partial charge in [-0.1, -0.05) is 30.9 Å². The molecule has 1 fully saturated rings. The van der Waals surface area contributed by atoms with Gasteiger partial charge in [0.05, 0.1) is 12.1 Å². The lowest BCUT2D eigenvalue weighted by Crippen LogP contribution is -2.36. The quantitative estimate of drug-likeness (QED) is 0.767. The normalized spacial score (nSPS) is 16.4. The van der Waals surface area contributed by atoms with Crippen LogP contribution in [0.2, 0.25) is 0 Å². The minimum Gasteiger partial charge on any atom is -0.481 e. The third-order valence-corrected chi connectivity index (χ3v) is 3.71. The first-order chi connectivity index (χ1) is 10.1. The molecular formula is C14H22N4O3. The number of nitrogens with zero attached hydrogens (tertiary/aromatic N) is 3. The van der Waals surface area contributed by atoms with Gasteiger partial charge in [-0.3, -0.25) is 9.59 Å². The number of amides is 1. The highest BCUT2D eigenvalue weighted by molar-refractivity contribution is 5.75. The Kier molecular flexibility index (Phi) is 5.71. The Hall–Kier alpha value is -1.92. The van der Waals surface area contributed by atoms with E-state index in [1.165, 1.54) is 30.4 Å². The fourth-order valence-electron chi connectivity index (χ4n) is 2.61. The molecule has 0 unspecified atom stereocenters. The predicted molar refractivity (Wildman–Crippen MR) is 75.6 cm³/mol. The summed E-state index contributed by atoms with van der Waals surface area (Å²) in [7, 11) is 0. The van der Waals surface area contributed by atoms with Crippen LogP contribution >= 0.6 is 0 Å². The molecule has 7 nitrogen and oxygen atoms in total. The molecule has 1 aliphatic rings. The van der Waals surface area contributed by atoms with E-state index in [1.54, 1.807) is 6.20 Å². The van der Waals surface area contributed by atoms with Crippen LogP contribution in [-0.2, 0) is 22.6 Å². The summed E-state index contributed by atoms with van der Waals surface area (Å²) in [4.78, 5) is 22.5. The Morgan fingerprint density at radius 3 is 2.67 bits per heavy atom. The Labute approximate surface area is 123 Å². The maximum Gasteiger partial charge on any atom is 0.303 e. The van der Waals surface area contributed by atoms with E-state index in [-0.39, 0.29) is 24.9 Å². The van der Waals surface area contributed by atoms with Gasteiger partial charge in [-0.25, -0.2) is 4.68 Å². The molecule has 0 bridgehead atoms. The molecule has 1 aromatic rings. The highest BCUT2D eigenvalue weighted by Crippen LogP contribution is 2.17. The molecule has 0 saturated heterocycles. The molecule has 1 heterocycles. The third kappa shape index (κ3) is 5.53. The number of hydrogen-bond acceptors (Lipinski definition) is 4. The number of rotatable bonds is 6. The van der Waals surface area contributed by atoms with E-state index in [0.29, 0.717) is 12.1 Å². The Morgan fingerprint density at radius 1 is 1.29 bits per heavy atom. The van der Waals surface area contributed by atoms with E-state index in [2.05, 4.69) is 15.6 Å². The summed E-state index contributed by atoms with van der Waals surface area (Å²) in [5, 5.41) is 19.4. The van der Waals surface area contributed by atoms with Crippen molar-refractivity contribution in [3.8, 4) is 0 Å². The van der Waals surface area contributed by atoms with E-state index >= 15 is 0 Å². The average Bonchev–Trinajstić information content (AvgIpc) is 2.71. The topological polar surface area (TPSA) is 97.1 Å². The van der Waals surface area contributed by atoms with Crippen molar-refractivity contribution in [1.82, 2.24) is 20.3 Å². The maximum absolute atomic E-state index is 12.0. The molecule has 1 amide bonds. The zero-order valence-corrected chi connectivity index (χ0v) is 12.1. The molecule has 7 heteroatoms. The van der Waals surface area contributed by atoms with Crippen LogP contribution in [0.4, 0.5) is 0 Å². The lowest BCUT2D eigenvalue weighted by atomic mass is 10.1. The minimum absolute atomic E-state index is 0.0208. The second-order valence-corrected chi connectivity index (χ2v) is 5.56. The Bertz CT molecular complexity index is 478. The van der Waals surface area contributed by atoms with E-state index in [1.807, 2.05) is 0 Å². The SMILES string of the molecule is O=C(O)CCc1cn(CC(=O)NC2CCCCCC2)nn1. The van der Waals surface area contributed by atoms with Gasteiger partial charge in [-0.15, -0.1) is 5.10 Å². The monoisotopic (exact) mass is 294 g/mol. The number of carboxylic acids is 1. The molecular weight excluding hydrogens is 272 g/mol. The zero-order valence-electron chi connectivity index (χ0n) is 12.1. The van der Waals surface area contributed by atoms with Crippen LogP contribution in [0.5, 0.6) is 0 Å². The molecule has 21 heavy (non-hydrogen) atoms. The van der Waals surface area contributed by atoms with Gasteiger partial charge in [0.15, 0.2) is 0 Å². The van der Waals surface area contributed by atoms with Crippen LogP contribution in [-0.4, -0.2) is 38.0 Å². The molecule has 2 N–H and O–H groups in total. The number of aryl methyl sites for hydroxylation is 1. The van der Waals surface area contributed by atoms with Crippen LogP contribution in [0.15, 0.2) is 6.20 Å². The van der Waals surface area contributed by atoms with Gasteiger partial charge < -0.3 is 10.4 Å². The highest BCUT2D eigenvalue weighted by Gasteiger charge is 2.15. The van der Waals surface area contributed by atoms with Crippen molar-refractivity contribution in [2.24, 2.45) is 0 Å². The van der Waals surface area contributed by atoms with E-state index < -0.39 is 5.97 Å². The third-order valence-electron chi connectivity index (χ3n) is 3.71. The first-order valence-electron chi connectivity index (χ1n) is 7.53. The van der Waals surface area contributed by atoms with Crippen molar-refractivity contribution >= 4 is 11.9 Å². The zero-order chi connectivity index (χ0) is 15.1. The molecule has 1 aromatic heterocycles. The Morgan fingerprint density at radius 2 is 2.00 bits per heavy atom. The van der Waals surface area contributed by atoms with Gasteiger partial charge in [0.25, 0.3) is 0 Å². The predicted octanol–water partition coefficient (Wildman–Crippen LogP) is 1.13. The molecule has 0 aliphatic heterocycles. The largest absolute Gasteiger partial charge is 0.481 e. The van der Waals surface area contributed by atoms with E-state index in [0.717, 1.165) is 12.8 Å². The smallest absolute Gasteiger partial charge is 0.303 e. The van der Waals surface area contributed by atoms with Crippen LogP contribution in [0.3, 0.4) is 0 Å². The molecule has 0 radical (unpaired) electrons. The van der Waals surface area contributed by atoms with Crippen molar-refractivity contribution in [2.45, 2.75) is 64.0 Å². The fraction of sp³-hybridized carbons (Fsp3) is 0.714. The number of carbonyl (C=O) groups is 2. The van der Waals surface area contributed by atoms with Crippen molar-refractivity contribution in [3.05, 3.63) is 11.9 Å². The molecule has 0 aromatic carbocycles. The van der Waals surface area contributed by atoms with Gasteiger partial charge in [0, 0.05) is 18.7 Å². The molecule has 0 atom stereocenters. The second kappa shape index (κ2) is 7.75. The van der Waals surface area contributed by atoms with Crippen molar-refractivity contribution < 1.29 is 14.7 Å². The number of aromatic nitrogens is 3. The lowest BCUT2D eigenvalue weighted by Gasteiger charge is -2.15. The second-order valence-electron chi connectivity index (χ2n) is 5.56. The van der Waals surface area contributed by atoms with Crippen molar-refractivity contribution in [1.29, 1.82) is 0 Å². The minimum atomic E-state index is -0.865. The van der Waals surface area contributed by atoms with Gasteiger partial charge in [-0.2, -0.15) is 0 Å². The van der Waals surface area contributed by atoms with Crippen LogP contribution in [0.25, 0.3) is 0 Å². The molecule has 0 spiro atoms. The van der Waals surface area contributed by atoms with Gasteiger partial charge in [0.1, 0.15) is 6.54 Å². The summed E-state index contributed by atoms with van der Waals surface area (Å²) < 4.78 is 1.46. The van der Waals surface area contributed by atoms with Crippen LogP contribution in [0.1, 0.15) is 50.6 Å². The van der Waals surface area contributed by atoms with E-state index in [4.69, 9.17) is 5.11 Å². The number of aliphatic carboxylic acids is 1. The molecule has 116 valence electrons. The van der Waals surface area contributed by atoms with Gasteiger partial charge >= 0.3 is 5.97 Å². The standard InChI is InChI=1S/C14H22N4O3/c19-13(15-11-5-3-1-2-4-6-11)10-18-9-12(16-17-18)7-8-14(20)21/h9,11H,1-8,10H2,(H,15,19)(H,20,21). The summed E-state index contributed by atoms with van der Waals surface area (Å²) in [5.41, 5.74) is 0.597. The van der Waals surface area contributed by atoms with Crippen molar-refractivity contribution in [3.63, 3.8) is 0 Å². The first-order valence-corrected chi connectivity index (χ1v) is 7.53. The van der Waals surface area contributed by atoms with Crippen LogP contribution in [0, 0.1) is 0 Å². The lowest BCUT2D eigenvalue weighted by molar-refractivity contribution is -0.137. The highest BCUT2D eigenvalue weighted by atomic mass is 16.4. The number of nitrogens with one attached hydrogen (secondary N) is 1. The maximum atomic E-state index is 12.0. The number of carboxylic acid groups (broad SMARTS) is 1. The summed E-state index contributed by atoms with van der Waals surface area (Å²) in [6, 6.07) is 0.273. The van der Waals surface area contributed by atoms with Crippen LogP contribution < -0.4 is 5.32 Å². The molecule has 1 aliphatic carbocycles. The summed E-state index contributed by atoms with van der Waals surface area (Å²) >= 11 is 0. The summed E-state index contributed by atoms with van der Waals surface area (Å²) in [5.74, 6) is -0.924. The molecule has 1 saturated carbocycles.